The first-order chi connectivity index (χ1) is 11.5. The van der Waals surface area contributed by atoms with Gasteiger partial charge in [0.1, 0.15) is 11.6 Å². The molecule has 1 N–H and O–H groups in total. The van der Waals surface area contributed by atoms with Crippen molar-refractivity contribution in [1.82, 2.24) is 9.88 Å². The highest BCUT2D eigenvalue weighted by Crippen LogP contribution is 2.19. The zero-order valence-corrected chi connectivity index (χ0v) is 13.3. The predicted octanol–water partition coefficient (Wildman–Crippen LogP) is 2.36. The average Bonchev–Trinajstić information content (AvgIpc) is 2.58. The SMILES string of the molecule is CN1CCN(c2cncc(C(=O)Nc3ccc(F)cc3F)c2)CC1. The summed E-state index contributed by atoms with van der Waals surface area (Å²) in [5.41, 5.74) is 1.12. The van der Waals surface area contributed by atoms with E-state index in [9.17, 15) is 13.6 Å². The summed E-state index contributed by atoms with van der Waals surface area (Å²) < 4.78 is 26.6. The maximum Gasteiger partial charge on any atom is 0.257 e. The van der Waals surface area contributed by atoms with Crippen LogP contribution in [0.1, 0.15) is 10.4 Å². The number of hydrogen-bond donors (Lipinski definition) is 1. The van der Waals surface area contributed by atoms with Gasteiger partial charge >= 0.3 is 0 Å². The summed E-state index contributed by atoms with van der Waals surface area (Å²) in [5, 5.41) is 2.44. The van der Waals surface area contributed by atoms with Crippen molar-refractivity contribution in [3.8, 4) is 0 Å². The van der Waals surface area contributed by atoms with Gasteiger partial charge in [-0.2, -0.15) is 0 Å². The molecule has 126 valence electrons. The van der Waals surface area contributed by atoms with Crippen LogP contribution in [-0.2, 0) is 0 Å². The van der Waals surface area contributed by atoms with Crippen molar-refractivity contribution in [3.05, 3.63) is 53.9 Å². The third kappa shape index (κ3) is 3.68. The summed E-state index contributed by atoms with van der Waals surface area (Å²) in [6.07, 6.45) is 3.14. The van der Waals surface area contributed by atoms with Gasteiger partial charge in [0, 0.05) is 38.4 Å². The molecule has 0 bridgehead atoms. The molecule has 7 heteroatoms. The Kier molecular flexibility index (Phi) is 4.71. The maximum atomic E-state index is 13.7. The zero-order chi connectivity index (χ0) is 17.1. The van der Waals surface area contributed by atoms with Crippen molar-refractivity contribution in [2.75, 3.05) is 43.4 Å². The minimum absolute atomic E-state index is 0.0635. The summed E-state index contributed by atoms with van der Waals surface area (Å²) in [6.45, 7) is 3.60. The molecule has 1 aromatic heterocycles. The Labute approximate surface area is 138 Å². The van der Waals surface area contributed by atoms with Gasteiger partial charge in [-0.25, -0.2) is 8.78 Å². The molecule has 1 aliphatic heterocycles. The first-order valence-electron chi connectivity index (χ1n) is 7.68. The number of nitrogens with one attached hydrogen (secondary N) is 1. The Hall–Kier alpha value is -2.54. The van der Waals surface area contributed by atoms with E-state index >= 15 is 0 Å². The Balaban J connectivity index is 1.74. The monoisotopic (exact) mass is 332 g/mol. The molecule has 1 saturated heterocycles. The largest absolute Gasteiger partial charge is 0.368 e. The van der Waals surface area contributed by atoms with E-state index in [4.69, 9.17) is 0 Å². The lowest BCUT2D eigenvalue weighted by Crippen LogP contribution is -2.44. The number of hydrogen-bond acceptors (Lipinski definition) is 4. The summed E-state index contributed by atoms with van der Waals surface area (Å²) in [4.78, 5) is 20.8. The van der Waals surface area contributed by atoms with Crippen LogP contribution in [0.3, 0.4) is 0 Å². The van der Waals surface area contributed by atoms with E-state index in [0.717, 1.165) is 44.0 Å². The van der Waals surface area contributed by atoms with Gasteiger partial charge in [-0.3, -0.25) is 9.78 Å². The van der Waals surface area contributed by atoms with Crippen LogP contribution in [0.4, 0.5) is 20.2 Å². The van der Waals surface area contributed by atoms with Crippen molar-refractivity contribution in [2.45, 2.75) is 0 Å². The molecule has 0 saturated carbocycles. The summed E-state index contributed by atoms with van der Waals surface area (Å²) in [5.74, 6) is -1.99. The van der Waals surface area contributed by atoms with Gasteiger partial charge in [0.15, 0.2) is 0 Å². The van der Waals surface area contributed by atoms with Gasteiger partial charge in [0.25, 0.3) is 5.91 Å². The fraction of sp³-hybridized carbons (Fsp3) is 0.294. The van der Waals surface area contributed by atoms with E-state index in [1.165, 1.54) is 12.3 Å². The van der Waals surface area contributed by atoms with Gasteiger partial charge in [0.05, 0.1) is 23.1 Å². The molecule has 0 atom stereocenters. The summed E-state index contributed by atoms with van der Waals surface area (Å²) in [6, 6.07) is 4.75. The average molecular weight is 332 g/mol. The van der Waals surface area contributed by atoms with Crippen LogP contribution in [0.5, 0.6) is 0 Å². The quantitative estimate of drug-likeness (QED) is 0.937. The maximum absolute atomic E-state index is 13.7. The molecule has 0 radical (unpaired) electrons. The lowest BCUT2D eigenvalue weighted by atomic mass is 10.2. The zero-order valence-electron chi connectivity index (χ0n) is 13.3. The van der Waals surface area contributed by atoms with E-state index in [-0.39, 0.29) is 5.69 Å². The highest BCUT2D eigenvalue weighted by Gasteiger charge is 2.17. The lowest BCUT2D eigenvalue weighted by molar-refractivity contribution is 0.102. The van der Waals surface area contributed by atoms with Crippen LogP contribution in [-0.4, -0.2) is 49.0 Å². The molecule has 2 aromatic rings. The molecule has 5 nitrogen and oxygen atoms in total. The Bertz CT molecular complexity index is 745. The normalized spacial score (nSPS) is 15.4. The van der Waals surface area contributed by atoms with Crippen LogP contribution < -0.4 is 10.2 Å². The first-order valence-corrected chi connectivity index (χ1v) is 7.68. The lowest BCUT2D eigenvalue weighted by Gasteiger charge is -2.33. The molecule has 1 aromatic carbocycles. The smallest absolute Gasteiger partial charge is 0.257 e. The van der Waals surface area contributed by atoms with Crippen molar-refractivity contribution in [2.24, 2.45) is 0 Å². The van der Waals surface area contributed by atoms with Crippen molar-refractivity contribution in [1.29, 1.82) is 0 Å². The molecule has 0 aliphatic carbocycles. The molecular weight excluding hydrogens is 314 g/mol. The molecule has 0 spiro atoms. The number of nitrogens with zero attached hydrogens (tertiary/aromatic N) is 3. The number of carbonyl (C=O) groups excluding carboxylic acids is 1. The predicted molar refractivity (Wildman–Crippen MR) is 88.3 cm³/mol. The number of anilines is 2. The number of aromatic nitrogens is 1. The Morgan fingerprint density at radius 1 is 1.12 bits per heavy atom. The number of carbonyl (C=O) groups is 1. The number of rotatable bonds is 3. The van der Waals surface area contributed by atoms with Crippen LogP contribution >= 0.6 is 0 Å². The number of pyridine rings is 1. The fourth-order valence-electron chi connectivity index (χ4n) is 2.57. The van der Waals surface area contributed by atoms with Gasteiger partial charge in [-0.15, -0.1) is 0 Å². The highest BCUT2D eigenvalue weighted by molar-refractivity contribution is 6.04. The third-order valence-electron chi connectivity index (χ3n) is 4.03. The van der Waals surface area contributed by atoms with Crippen molar-refractivity contribution >= 4 is 17.3 Å². The number of amides is 1. The van der Waals surface area contributed by atoms with Crippen LogP contribution in [0.15, 0.2) is 36.7 Å². The van der Waals surface area contributed by atoms with Gasteiger partial charge in [-0.05, 0) is 25.2 Å². The standard InChI is InChI=1S/C17H18F2N4O/c1-22-4-6-23(7-5-22)14-8-12(10-20-11-14)17(24)21-16-3-2-13(18)9-15(16)19/h2-3,8-11H,4-7H2,1H3,(H,21,24). The topological polar surface area (TPSA) is 48.5 Å². The van der Waals surface area contributed by atoms with E-state index < -0.39 is 17.5 Å². The second-order valence-corrected chi connectivity index (χ2v) is 5.80. The summed E-state index contributed by atoms with van der Waals surface area (Å²) >= 11 is 0. The molecule has 1 amide bonds. The molecule has 1 fully saturated rings. The van der Waals surface area contributed by atoms with Gasteiger partial charge < -0.3 is 15.1 Å². The fourth-order valence-corrected chi connectivity index (χ4v) is 2.57. The molecule has 24 heavy (non-hydrogen) atoms. The first kappa shape index (κ1) is 16.3. The van der Waals surface area contributed by atoms with Gasteiger partial charge in [0.2, 0.25) is 0 Å². The summed E-state index contributed by atoms with van der Waals surface area (Å²) in [7, 11) is 2.07. The van der Waals surface area contributed by atoms with Crippen molar-refractivity contribution < 1.29 is 13.6 Å². The number of likely N-dealkylation sites (N-methyl/N-ethyl adjacent to an activating group) is 1. The Morgan fingerprint density at radius 2 is 1.88 bits per heavy atom. The van der Waals surface area contributed by atoms with E-state index in [1.807, 2.05) is 0 Å². The van der Waals surface area contributed by atoms with Crippen LogP contribution in [0.25, 0.3) is 0 Å². The minimum atomic E-state index is -0.813. The number of benzene rings is 1. The molecule has 3 rings (SSSR count). The van der Waals surface area contributed by atoms with Gasteiger partial charge in [-0.1, -0.05) is 0 Å². The Morgan fingerprint density at radius 3 is 2.58 bits per heavy atom. The number of piperazine rings is 1. The van der Waals surface area contributed by atoms with Crippen LogP contribution in [0.2, 0.25) is 0 Å². The molecular formula is C17H18F2N4O. The molecule has 0 unspecified atom stereocenters. The van der Waals surface area contributed by atoms with E-state index in [0.29, 0.717) is 5.56 Å². The third-order valence-corrected chi connectivity index (χ3v) is 4.03. The molecule has 2 heterocycles. The minimum Gasteiger partial charge on any atom is -0.368 e. The van der Waals surface area contributed by atoms with Crippen molar-refractivity contribution in [3.63, 3.8) is 0 Å². The van der Waals surface area contributed by atoms with E-state index in [2.05, 4.69) is 27.1 Å². The van der Waals surface area contributed by atoms with E-state index in [1.54, 1.807) is 12.3 Å². The second-order valence-electron chi connectivity index (χ2n) is 5.80. The highest BCUT2D eigenvalue weighted by atomic mass is 19.1. The second kappa shape index (κ2) is 6.92. The van der Waals surface area contributed by atoms with Crippen LogP contribution in [0, 0.1) is 11.6 Å². The number of halogens is 2. The molecule has 1 aliphatic rings.